The van der Waals surface area contributed by atoms with E-state index in [0.29, 0.717) is 0 Å². The largest absolute Gasteiger partial charge is 0.356 e. The van der Waals surface area contributed by atoms with E-state index in [2.05, 4.69) is 433 Å². The van der Waals surface area contributed by atoms with E-state index in [-0.39, 0.29) is 10.8 Å². The van der Waals surface area contributed by atoms with Crippen LogP contribution in [0.2, 0.25) is 0 Å². The summed E-state index contributed by atoms with van der Waals surface area (Å²) in [4.78, 5) is 0. The summed E-state index contributed by atoms with van der Waals surface area (Å²) in [5, 5.41) is 13.3. The maximum absolute atomic E-state index is 4.01. The van der Waals surface area contributed by atoms with Crippen molar-refractivity contribution in [2.75, 3.05) is 16.0 Å². The Labute approximate surface area is 642 Å². The second-order valence-corrected chi connectivity index (χ2v) is 29.2. The van der Waals surface area contributed by atoms with Gasteiger partial charge in [-0.2, -0.15) is 0 Å². The first-order valence-electron chi connectivity index (χ1n) is 37.6. The van der Waals surface area contributed by atoms with E-state index < -0.39 is 0 Å². The lowest BCUT2D eigenvalue weighted by Gasteiger charge is -2.24. The van der Waals surface area contributed by atoms with Crippen LogP contribution in [0.1, 0.15) is 55.5 Å². The van der Waals surface area contributed by atoms with Gasteiger partial charge in [0.25, 0.3) is 0 Å². The summed E-state index contributed by atoms with van der Waals surface area (Å²) < 4.78 is 0. The second-order valence-electron chi connectivity index (χ2n) is 29.2. The van der Waals surface area contributed by atoms with Crippen molar-refractivity contribution in [1.82, 2.24) is 0 Å². The summed E-state index contributed by atoms with van der Waals surface area (Å²) in [6, 6.07) is 136. The number of hydrogen-bond acceptors (Lipinski definition) is 3. The zero-order valence-electron chi connectivity index (χ0n) is 62.0. The zero-order chi connectivity index (χ0) is 74.3. The van der Waals surface area contributed by atoms with Crippen molar-refractivity contribution in [2.24, 2.45) is 0 Å². The van der Waals surface area contributed by atoms with Gasteiger partial charge >= 0.3 is 0 Å². The summed E-state index contributed by atoms with van der Waals surface area (Å²) in [6.07, 6.45) is 5.74. The SMILES string of the molecule is C=C/C=C(\C=C)c1ccc2c(c1)C(C)(C)c1cc(Nc3ccc4c(c3)C(C)(C)c3cc(-c5ccccc5)ccc3-4)ccc1-2.c1ccc(-c2ccc(-c3ccc(Nc4cccc5ccccc45)cc3)cc2)cc1.c1ccc(-c2cccc(-c3ccc(Nc4ccc(-c5cccc(-c6ccccc6)c5)cc4)cc3)c2)cc1. The Balaban J connectivity index is 0.000000127. The smallest absolute Gasteiger partial charge is 0.0463 e. The number of hydrogen-bond donors (Lipinski definition) is 3. The highest BCUT2D eigenvalue weighted by Crippen LogP contribution is 2.53. The zero-order valence-corrected chi connectivity index (χ0v) is 62.0. The van der Waals surface area contributed by atoms with Gasteiger partial charge in [-0.05, 0) is 230 Å². The van der Waals surface area contributed by atoms with E-state index >= 15 is 0 Å². The molecule has 0 heterocycles. The van der Waals surface area contributed by atoms with Crippen LogP contribution in [0.3, 0.4) is 0 Å². The van der Waals surface area contributed by atoms with Crippen LogP contribution in [0.25, 0.3) is 116 Å². The Morgan fingerprint density at radius 1 is 0.248 bits per heavy atom. The highest BCUT2D eigenvalue weighted by atomic mass is 14.9. The lowest BCUT2D eigenvalue weighted by atomic mass is 9.81. The molecule has 3 nitrogen and oxygen atoms in total. The van der Waals surface area contributed by atoms with Crippen LogP contribution in [0.15, 0.2) is 414 Å². The molecule has 16 aromatic carbocycles. The minimum atomic E-state index is -0.114. The van der Waals surface area contributed by atoms with Crippen LogP contribution < -0.4 is 16.0 Å². The first-order chi connectivity index (χ1) is 53.4. The fraction of sp³-hybridized carbons (Fsp3) is 0.0566. The summed E-state index contributed by atoms with van der Waals surface area (Å²) in [5.74, 6) is 0. The molecule has 0 aromatic heterocycles. The van der Waals surface area contributed by atoms with E-state index in [1.807, 2.05) is 24.3 Å². The van der Waals surface area contributed by atoms with Crippen molar-refractivity contribution in [3.63, 3.8) is 0 Å². The summed E-state index contributed by atoms with van der Waals surface area (Å²) in [6.45, 7) is 17.2. The van der Waals surface area contributed by atoms with Crippen LogP contribution in [0.5, 0.6) is 0 Å². The van der Waals surface area contributed by atoms with Gasteiger partial charge < -0.3 is 16.0 Å². The topological polar surface area (TPSA) is 36.1 Å². The van der Waals surface area contributed by atoms with E-state index in [1.54, 1.807) is 0 Å². The van der Waals surface area contributed by atoms with Gasteiger partial charge in [0.05, 0.1) is 0 Å². The van der Waals surface area contributed by atoms with Gasteiger partial charge in [0.1, 0.15) is 0 Å². The van der Waals surface area contributed by atoms with Gasteiger partial charge in [-0.25, -0.2) is 0 Å². The molecular formula is C106H85N3. The molecular weight excluding hydrogens is 1320 g/mol. The molecule has 2 aliphatic carbocycles. The molecule has 0 atom stereocenters. The molecule has 0 saturated carbocycles. The minimum absolute atomic E-state index is 0.0865. The molecule has 0 fully saturated rings. The number of rotatable bonds is 16. The van der Waals surface area contributed by atoms with Crippen LogP contribution >= 0.6 is 0 Å². The van der Waals surface area contributed by atoms with Gasteiger partial charge in [-0.15, -0.1) is 0 Å². The highest BCUT2D eigenvalue weighted by molar-refractivity contribution is 5.96. The van der Waals surface area contributed by atoms with Crippen molar-refractivity contribution < 1.29 is 0 Å². The van der Waals surface area contributed by atoms with Gasteiger partial charge in [-0.1, -0.05) is 350 Å². The van der Waals surface area contributed by atoms with Crippen LogP contribution in [0.4, 0.5) is 34.1 Å². The quantitative estimate of drug-likeness (QED) is 0.0844. The van der Waals surface area contributed by atoms with Gasteiger partial charge in [0.15, 0.2) is 0 Å². The first-order valence-corrected chi connectivity index (χ1v) is 37.6. The second kappa shape index (κ2) is 30.8. The van der Waals surface area contributed by atoms with Gasteiger partial charge in [0, 0.05) is 50.3 Å². The predicted octanol–water partition coefficient (Wildman–Crippen LogP) is 29.5. The molecule has 18 rings (SSSR count). The van der Waals surface area contributed by atoms with Crippen molar-refractivity contribution in [3.05, 3.63) is 441 Å². The van der Waals surface area contributed by atoms with Crippen molar-refractivity contribution in [3.8, 4) is 100 Å². The summed E-state index contributed by atoms with van der Waals surface area (Å²) in [5.41, 5.74) is 36.6. The number of allylic oxidation sites excluding steroid dienone is 4. The first kappa shape index (κ1) is 69.8. The Hall–Kier alpha value is -13.6. The van der Waals surface area contributed by atoms with E-state index in [9.17, 15) is 0 Å². The average molecular weight is 1400 g/mol. The Morgan fingerprint density at radius 3 is 0.982 bits per heavy atom. The Morgan fingerprint density at radius 2 is 0.541 bits per heavy atom. The lowest BCUT2D eigenvalue weighted by Crippen LogP contribution is -2.16. The van der Waals surface area contributed by atoms with Crippen molar-refractivity contribution >= 4 is 50.5 Å². The maximum atomic E-state index is 4.01. The van der Waals surface area contributed by atoms with Crippen molar-refractivity contribution in [2.45, 2.75) is 38.5 Å². The predicted molar refractivity (Wildman–Crippen MR) is 468 cm³/mol. The maximum Gasteiger partial charge on any atom is 0.0463 e. The summed E-state index contributed by atoms with van der Waals surface area (Å²) in [7, 11) is 0. The molecule has 0 aliphatic heterocycles. The highest BCUT2D eigenvalue weighted by Gasteiger charge is 2.38. The van der Waals surface area contributed by atoms with Crippen LogP contribution in [-0.4, -0.2) is 0 Å². The fourth-order valence-electron chi connectivity index (χ4n) is 15.6. The number of benzene rings is 16. The molecule has 0 radical (unpaired) electrons. The van der Waals surface area contributed by atoms with E-state index in [4.69, 9.17) is 0 Å². The van der Waals surface area contributed by atoms with E-state index in [1.165, 1.54) is 139 Å². The number of nitrogens with one attached hydrogen (secondary N) is 3. The average Bonchev–Trinajstić information content (AvgIpc) is 1.58. The molecule has 3 heteroatoms. The molecule has 0 spiro atoms. The van der Waals surface area contributed by atoms with Crippen LogP contribution in [0, 0.1) is 0 Å². The third-order valence-electron chi connectivity index (χ3n) is 21.5. The van der Waals surface area contributed by atoms with Crippen molar-refractivity contribution in [1.29, 1.82) is 0 Å². The molecule has 16 aromatic rings. The molecule has 524 valence electrons. The third kappa shape index (κ3) is 14.9. The lowest BCUT2D eigenvalue weighted by molar-refractivity contribution is 0.660. The molecule has 0 saturated heterocycles. The molecule has 0 bridgehead atoms. The third-order valence-corrected chi connectivity index (χ3v) is 21.5. The summed E-state index contributed by atoms with van der Waals surface area (Å²) >= 11 is 0. The van der Waals surface area contributed by atoms with Crippen LogP contribution in [-0.2, 0) is 10.8 Å². The number of anilines is 6. The molecule has 2 aliphatic rings. The normalized spacial score (nSPS) is 12.5. The van der Waals surface area contributed by atoms with E-state index in [0.717, 1.165) is 39.7 Å². The number of fused-ring (bicyclic) bond motifs is 7. The Bertz CT molecular complexity index is 5840. The molecule has 109 heavy (non-hydrogen) atoms. The molecule has 0 amide bonds. The molecule has 3 N–H and O–H groups in total. The van der Waals surface area contributed by atoms with Gasteiger partial charge in [0.2, 0.25) is 0 Å². The minimum Gasteiger partial charge on any atom is -0.356 e. The van der Waals surface area contributed by atoms with Gasteiger partial charge in [-0.3, -0.25) is 0 Å². The fourth-order valence-corrected chi connectivity index (χ4v) is 15.6. The molecule has 0 unspecified atom stereocenters. The Kier molecular flexibility index (Phi) is 19.7. The standard InChI is InChI=1S/C42H37N.C36H27N.C28H21N/c1-7-12-27(8-2)29-15-19-33-35-21-17-31(25-39(35)41(3,4)37(33)23-29)43-32-18-22-36-34-20-16-30(28-13-10-9-11-14-28)24-38(34)42(5,6)40(36)26-32;1-3-9-27(10-4-1)31-13-7-15-33(25-31)29-17-21-35(22-18-29)37-36-23-19-30(20-24-36)34-16-8-14-32(26-34)28-11-5-2-6-12-28;1-2-7-21(8-3-1)22-13-15-23(16-14-22)24-17-19-26(20-18-24)29-28-12-6-10-25-9-4-5-11-27(25)28/h7-26,43H,1-2H2,3-6H3;1-26,37H;1-20,29H/b27-12+;;. The monoisotopic (exact) mass is 1400 g/mol.